The quantitative estimate of drug-likeness (QED) is 0.616. The Morgan fingerprint density at radius 1 is 1.43 bits per heavy atom. The molecule has 0 aliphatic heterocycles. The Morgan fingerprint density at radius 3 is 2.57 bits per heavy atom. The number of halogens is 3. The highest BCUT2D eigenvalue weighted by Gasteiger charge is 2.32. The second-order valence-electron chi connectivity index (χ2n) is 3.81. The highest BCUT2D eigenvalue weighted by molar-refractivity contribution is 5.82. The Balaban J connectivity index is 3.23. The Bertz CT molecular complexity index is 590. The number of carbonyl (C=O) groups is 2. The summed E-state index contributed by atoms with van der Waals surface area (Å²) in [5, 5.41) is 8.92. The third-order valence-electron chi connectivity index (χ3n) is 2.35. The number of esters is 1. The summed E-state index contributed by atoms with van der Waals surface area (Å²) in [7, 11) is 0. The number of benzene rings is 1. The molecule has 5 nitrogen and oxygen atoms in total. The van der Waals surface area contributed by atoms with Crippen molar-refractivity contribution in [1.29, 1.82) is 5.26 Å². The topological polar surface area (TPSA) is 76.4 Å². The minimum absolute atomic E-state index is 0.0131. The van der Waals surface area contributed by atoms with E-state index in [1.54, 1.807) is 13.0 Å². The second-order valence-corrected chi connectivity index (χ2v) is 3.81. The van der Waals surface area contributed by atoms with E-state index >= 15 is 0 Å². The molecule has 0 radical (unpaired) electrons. The van der Waals surface area contributed by atoms with Crippen molar-refractivity contribution in [3.8, 4) is 11.8 Å². The number of ether oxygens (including phenoxy) is 2. The van der Waals surface area contributed by atoms with Gasteiger partial charge in [0, 0.05) is 0 Å². The smallest absolute Gasteiger partial charge is 0.466 e. The van der Waals surface area contributed by atoms with Crippen LogP contribution in [0.4, 0.5) is 13.2 Å². The van der Waals surface area contributed by atoms with E-state index in [1.165, 1.54) is 0 Å². The van der Waals surface area contributed by atoms with E-state index in [1.807, 2.05) is 0 Å². The van der Waals surface area contributed by atoms with Gasteiger partial charge in [0.25, 0.3) is 0 Å². The molecular formula is C13H10F3NO4. The second kappa shape index (κ2) is 6.74. The van der Waals surface area contributed by atoms with Crippen LogP contribution >= 0.6 is 0 Å². The van der Waals surface area contributed by atoms with Crippen molar-refractivity contribution in [2.75, 3.05) is 6.61 Å². The SMILES string of the molecule is CCOC(=O)Cc1cc(OC(F)(F)F)c(C=O)cc1C#N. The molecule has 1 rings (SSSR count). The summed E-state index contributed by atoms with van der Waals surface area (Å²) in [6.45, 7) is 1.66. The van der Waals surface area contributed by atoms with Crippen molar-refractivity contribution in [2.45, 2.75) is 19.7 Å². The van der Waals surface area contributed by atoms with Gasteiger partial charge in [0.15, 0.2) is 6.29 Å². The van der Waals surface area contributed by atoms with Gasteiger partial charge in [0.1, 0.15) is 5.75 Å². The normalized spacial score (nSPS) is 10.6. The molecule has 1 aromatic carbocycles. The standard InChI is InChI=1S/C13H10F3NO4/c1-2-20-12(19)5-8-4-11(21-13(14,15)16)10(7-18)3-9(8)6-17/h3-4,7H,2,5H2,1H3. The van der Waals surface area contributed by atoms with Crippen LogP contribution in [0.25, 0.3) is 0 Å². The van der Waals surface area contributed by atoms with Crippen LogP contribution < -0.4 is 4.74 Å². The van der Waals surface area contributed by atoms with Gasteiger partial charge in [0.2, 0.25) is 0 Å². The molecule has 0 aliphatic rings. The van der Waals surface area contributed by atoms with Crippen molar-refractivity contribution in [1.82, 2.24) is 0 Å². The van der Waals surface area contributed by atoms with Gasteiger partial charge in [-0.3, -0.25) is 9.59 Å². The van der Waals surface area contributed by atoms with E-state index in [9.17, 15) is 22.8 Å². The minimum atomic E-state index is -4.99. The predicted molar refractivity (Wildman–Crippen MR) is 63.6 cm³/mol. The zero-order chi connectivity index (χ0) is 16.0. The number of hydrogen-bond acceptors (Lipinski definition) is 5. The minimum Gasteiger partial charge on any atom is -0.466 e. The molecule has 0 saturated heterocycles. The first-order chi connectivity index (χ1) is 9.80. The van der Waals surface area contributed by atoms with Crippen LogP contribution in [0.5, 0.6) is 5.75 Å². The molecule has 1 aromatic rings. The molecule has 0 bridgehead atoms. The lowest BCUT2D eigenvalue weighted by molar-refractivity contribution is -0.274. The molecule has 0 spiro atoms. The zero-order valence-corrected chi connectivity index (χ0v) is 10.9. The first kappa shape index (κ1) is 16.5. The molecule has 0 fully saturated rings. The van der Waals surface area contributed by atoms with Gasteiger partial charge in [0.05, 0.1) is 30.2 Å². The van der Waals surface area contributed by atoms with Gasteiger partial charge < -0.3 is 9.47 Å². The number of nitrogens with zero attached hydrogens (tertiary/aromatic N) is 1. The third kappa shape index (κ3) is 4.80. The van der Waals surface area contributed by atoms with Gasteiger partial charge in [-0.2, -0.15) is 5.26 Å². The largest absolute Gasteiger partial charge is 0.573 e. The van der Waals surface area contributed by atoms with Gasteiger partial charge in [-0.15, -0.1) is 13.2 Å². The Kier molecular flexibility index (Phi) is 5.30. The molecule has 0 N–H and O–H groups in total. The number of nitriles is 1. The van der Waals surface area contributed by atoms with Crippen LogP contribution in [0.3, 0.4) is 0 Å². The van der Waals surface area contributed by atoms with E-state index in [0.29, 0.717) is 0 Å². The number of rotatable bonds is 5. The van der Waals surface area contributed by atoms with E-state index < -0.39 is 30.1 Å². The van der Waals surface area contributed by atoms with Crippen LogP contribution in [0, 0.1) is 11.3 Å². The summed E-state index contributed by atoms with van der Waals surface area (Å²) >= 11 is 0. The molecule has 0 amide bonds. The third-order valence-corrected chi connectivity index (χ3v) is 2.35. The lowest BCUT2D eigenvalue weighted by Crippen LogP contribution is -2.19. The number of aldehydes is 1. The molecule has 0 atom stereocenters. The lowest BCUT2D eigenvalue weighted by Gasteiger charge is -2.13. The fourth-order valence-corrected chi connectivity index (χ4v) is 1.56. The van der Waals surface area contributed by atoms with Crippen molar-refractivity contribution >= 4 is 12.3 Å². The first-order valence-corrected chi connectivity index (χ1v) is 5.74. The van der Waals surface area contributed by atoms with Crippen molar-refractivity contribution in [2.24, 2.45) is 0 Å². The first-order valence-electron chi connectivity index (χ1n) is 5.74. The molecule has 0 aliphatic carbocycles. The molecule has 0 aromatic heterocycles. The summed E-state index contributed by atoms with van der Waals surface area (Å²) < 4.78 is 45.2. The maximum Gasteiger partial charge on any atom is 0.573 e. The zero-order valence-electron chi connectivity index (χ0n) is 10.9. The Morgan fingerprint density at radius 2 is 2.10 bits per heavy atom. The number of hydrogen-bond donors (Lipinski definition) is 0. The monoisotopic (exact) mass is 301 g/mol. The van der Waals surface area contributed by atoms with E-state index in [4.69, 9.17) is 5.26 Å². The van der Waals surface area contributed by atoms with Crippen molar-refractivity contribution < 1.29 is 32.2 Å². The average Bonchev–Trinajstić information content (AvgIpc) is 2.37. The van der Waals surface area contributed by atoms with Crippen molar-refractivity contribution in [3.05, 3.63) is 28.8 Å². The van der Waals surface area contributed by atoms with Gasteiger partial charge >= 0.3 is 12.3 Å². The van der Waals surface area contributed by atoms with Gasteiger partial charge in [-0.05, 0) is 24.6 Å². The van der Waals surface area contributed by atoms with E-state index in [2.05, 4.69) is 9.47 Å². The van der Waals surface area contributed by atoms with Crippen LogP contribution in [-0.4, -0.2) is 25.2 Å². The van der Waals surface area contributed by atoms with Crippen LogP contribution in [0.2, 0.25) is 0 Å². The lowest BCUT2D eigenvalue weighted by atomic mass is 10.0. The molecule has 8 heteroatoms. The summed E-state index contributed by atoms with van der Waals surface area (Å²) in [6.07, 6.45) is -5.26. The maximum atomic E-state index is 12.3. The summed E-state index contributed by atoms with van der Waals surface area (Å²) in [4.78, 5) is 22.1. The molecular weight excluding hydrogens is 291 g/mol. The highest BCUT2D eigenvalue weighted by atomic mass is 19.4. The Hall–Kier alpha value is -2.56. The molecule has 0 heterocycles. The van der Waals surface area contributed by atoms with Crippen LogP contribution in [-0.2, 0) is 16.0 Å². The fourth-order valence-electron chi connectivity index (χ4n) is 1.56. The van der Waals surface area contributed by atoms with Gasteiger partial charge in [-0.25, -0.2) is 0 Å². The number of carbonyl (C=O) groups excluding carboxylic acids is 2. The molecule has 0 unspecified atom stereocenters. The maximum absolute atomic E-state index is 12.3. The summed E-state index contributed by atoms with van der Waals surface area (Å²) in [5.74, 6) is -1.47. The molecule has 21 heavy (non-hydrogen) atoms. The van der Waals surface area contributed by atoms with E-state index in [0.717, 1.165) is 12.1 Å². The Labute approximate surface area is 117 Å². The van der Waals surface area contributed by atoms with E-state index in [-0.39, 0.29) is 24.0 Å². The van der Waals surface area contributed by atoms with Crippen molar-refractivity contribution in [3.63, 3.8) is 0 Å². The predicted octanol–water partition coefficient (Wildman–Crippen LogP) is 2.37. The van der Waals surface area contributed by atoms with Gasteiger partial charge in [-0.1, -0.05) is 0 Å². The fraction of sp³-hybridized carbons (Fsp3) is 0.308. The molecule has 0 saturated carbocycles. The average molecular weight is 301 g/mol. The van der Waals surface area contributed by atoms with Crippen LogP contribution in [0.15, 0.2) is 12.1 Å². The highest BCUT2D eigenvalue weighted by Crippen LogP contribution is 2.28. The van der Waals surface area contributed by atoms with Crippen LogP contribution in [0.1, 0.15) is 28.4 Å². The number of alkyl halides is 3. The molecule has 112 valence electrons. The summed E-state index contributed by atoms with van der Waals surface area (Å²) in [5.41, 5.74) is -0.544. The summed E-state index contributed by atoms with van der Waals surface area (Å²) in [6, 6.07) is 3.48.